The summed E-state index contributed by atoms with van der Waals surface area (Å²) in [4.78, 5) is 0. The highest BCUT2D eigenvalue weighted by Crippen LogP contribution is 2.02. The van der Waals surface area contributed by atoms with E-state index in [0.717, 1.165) is 13.2 Å². The van der Waals surface area contributed by atoms with Crippen molar-refractivity contribution in [3.8, 4) is 0 Å². The van der Waals surface area contributed by atoms with E-state index in [4.69, 9.17) is 9.47 Å². The van der Waals surface area contributed by atoms with Crippen LogP contribution in [-0.4, -0.2) is 25.9 Å². The SMILES string of the molecule is C1CCOC1.COC(C)(C)C. The molecular formula is C9H20O2. The molecule has 0 saturated carbocycles. The molecule has 68 valence electrons. The monoisotopic (exact) mass is 160 g/mol. The summed E-state index contributed by atoms with van der Waals surface area (Å²) in [7, 11) is 1.71. The van der Waals surface area contributed by atoms with Gasteiger partial charge in [0.15, 0.2) is 0 Å². The van der Waals surface area contributed by atoms with Gasteiger partial charge in [-0.2, -0.15) is 0 Å². The third-order valence-corrected chi connectivity index (χ3v) is 1.44. The van der Waals surface area contributed by atoms with Crippen LogP contribution in [0.5, 0.6) is 0 Å². The van der Waals surface area contributed by atoms with Crippen LogP contribution in [0.2, 0.25) is 0 Å². The highest BCUT2D eigenvalue weighted by molar-refractivity contribution is 4.55. The molecule has 0 aromatic rings. The standard InChI is InChI=1S/C5H12O.C4H8O/c1-5(2,3)6-4;1-2-4-5-3-1/h1-4H3;1-4H2. The van der Waals surface area contributed by atoms with E-state index in [1.807, 2.05) is 20.8 Å². The minimum Gasteiger partial charge on any atom is -0.381 e. The minimum absolute atomic E-state index is 0.0417. The molecule has 0 aliphatic carbocycles. The van der Waals surface area contributed by atoms with Crippen LogP contribution in [0.3, 0.4) is 0 Å². The van der Waals surface area contributed by atoms with Crippen molar-refractivity contribution in [2.45, 2.75) is 39.2 Å². The van der Waals surface area contributed by atoms with Gasteiger partial charge in [0.1, 0.15) is 0 Å². The second-order valence-corrected chi connectivity index (χ2v) is 3.64. The van der Waals surface area contributed by atoms with E-state index in [0.29, 0.717) is 0 Å². The van der Waals surface area contributed by atoms with Crippen LogP contribution in [0.4, 0.5) is 0 Å². The van der Waals surface area contributed by atoms with Gasteiger partial charge in [0.05, 0.1) is 5.60 Å². The normalized spacial score (nSPS) is 17.5. The summed E-state index contributed by atoms with van der Waals surface area (Å²) in [6, 6.07) is 0. The zero-order valence-electron chi connectivity index (χ0n) is 8.14. The molecule has 2 nitrogen and oxygen atoms in total. The Hall–Kier alpha value is -0.0800. The van der Waals surface area contributed by atoms with Crippen molar-refractivity contribution < 1.29 is 9.47 Å². The van der Waals surface area contributed by atoms with Crippen LogP contribution in [0.15, 0.2) is 0 Å². The highest BCUT2D eigenvalue weighted by Gasteiger charge is 2.04. The molecule has 1 fully saturated rings. The Morgan fingerprint density at radius 1 is 1.09 bits per heavy atom. The van der Waals surface area contributed by atoms with E-state index in [9.17, 15) is 0 Å². The zero-order chi connectivity index (χ0) is 8.74. The van der Waals surface area contributed by atoms with Crippen molar-refractivity contribution >= 4 is 0 Å². The molecule has 0 aromatic heterocycles. The maximum absolute atomic E-state index is 4.94. The minimum atomic E-state index is 0.0417. The lowest BCUT2D eigenvalue weighted by molar-refractivity contribution is 0.0397. The largest absolute Gasteiger partial charge is 0.381 e. The topological polar surface area (TPSA) is 18.5 Å². The predicted molar refractivity (Wildman–Crippen MR) is 46.8 cm³/mol. The van der Waals surface area contributed by atoms with Crippen LogP contribution in [-0.2, 0) is 9.47 Å². The van der Waals surface area contributed by atoms with Gasteiger partial charge in [-0.05, 0) is 33.6 Å². The van der Waals surface area contributed by atoms with Crippen LogP contribution in [0.25, 0.3) is 0 Å². The Morgan fingerprint density at radius 2 is 1.45 bits per heavy atom. The second-order valence-electron chi connectivity index (χ2n) is 3.64. The molecule has 1 aliphatic heterocycles. The maximum atomic E-state index is 4.94. The average molecular weight is 160 g/mol. The third kappa shape index (κ3) is 9.92. The Labute approximate surface area is 69.9 Å². The van der Waals surface area contributed by atoms with Gasteiger partial charge in [-0.3, -0.25) is 0 Å². The van der Waals surface area contributed by atoms with Crippen molar-refractivity contribution in [2.24, 2.45) is 0 Å². The van der Waals surface area contributed by atoms with E-state index >= 15 is 0 Å². The van der Waals surface area contributed by atoms with Gasteiger partial charge in [0.25, 0.3) is 0 Å². The lowest BCUT2D eigenvalue weighted by atomic mass is 10.2. The molecule has 0 spiro atoms. The fourth-order valence-corrected chi connectivity index (χ4v) is 0.510. The molecule has 2 heteroatoms. The van der Waals surface area contributed by atoms with Crippen molar-refractivity contribution in [1.82, 2.24) is 0 Å². The maximum Gasteiger partial charge on any atom is 0.0594 e. The molecule has 1 aliphatic rings. The summed E-state index contributed by atoms with van der Waals surface area (Å²) in [5.41, 5.74) is 0.0417. The molecular weight excluding hydrogens is 140 g/mol. The van der Waals surface area contributed by atoms with Crippen LogP contribution in [0.1, 0.15) is 33.6 Å². The zero-order valence-corrected chi connectivity index (χ0v) is 8.14. The van der Waals surface area contributed by atoms with E-state index in [-0.39, 0.29) is 5.60 Å². The number of rotatable bonds is 0. The van der Waals surface area contributed by atoms with E-state index in [1.54, 1.807) is 7.11 Å². The molecule has 1 heterocycles. The first kappa shape index (κ1) is 10.9. The van der Waals surface area contributed by atoms with E-state index < -0.39 is 0 Å². The van der Waals surface area contributed by atoms with Gasteiger partial charge in [-0.15, -0.1) is 0 Å². The summed E-state index contributed by atoms with van der Waals surface area (Å²) < 4.78 is 9.88. The summed E-state index contributed by atoms with van der Waals surface area (Å²) >= 11 is 0. The average Bonchev–Trinajstić information content (AvgIpc) is 2.41. The van der Waals surface area contributed by atoms with E-state index in [1.165, 1.54) is 12.8 Å². The highest BCUT2D eigenvalue weighted by atomic mass is 16.5. The molecule has 0 radical (unpaired) electrons. The van der Waals surface area contributed by atoms with Gasteiger partial charge in [0.2, 0.25) is 0 Å². The second kappa shape index (κ2) is 5.56. The summed E-state index contributed by atoms with van der Waals surface area (Å²) in [6.45, 7) is 8.06. The smallest absolute Gasteiger partial charge is 0.0594 e. The molecule has 0 atom stereocenters. The van der Waals surface area contributed by atoms with Gasteiger partial charge in [-0.25, -0.2) is 0 Å². The van der Waals surface area contributed by atoms with Crippen LogP contribution in [0, 0.1) is 0 Å². The molecule has 0 aromatic carbocycles. The van der Waals surface area contributed by atoms with Gasteiger partial charge in [0, 0.05) is 20.3 Å². The number of hydrogen-bond acceptors (Lipinski definition) is 2. The van der Waals surface area contributed by atoms with Crippen molar-refractivity contribution in [3.63, 3.8) is 0 Å². The summed E-state index contributed by atoms with van der Waals surface area (Å²) in [5, 5.41) is 0. The first-order valence-corrected chi connectivity index (χ1v) is 4.19. The number of ether oxygens (including phenoxy) is 2. The molecule has 0 bridgehead atoms. The number of hydrogen-bond donors (Lipinski definition) is 0. The van der Waals surface area contributed by atoms with E-state index in [2.05, 4.69) is 0 Å². The molecule has 11 heavy (non-hydrogen) atoms. The van der Waals surface area contributed by atoms with Gasteiger partial charge < -0.3 is 9.47 Å². The van der Waals surface area contributed by atoms with Gasteiger partial charge in [-0.1, -0.05) is 0 Å². The lowest BCUT2D eigenvalue weighted by Gasteiger charge is -2.14. The van der Waals surface area contributed by atoms with Crippen molar-refractivity contribution in [3.05, 3.63) is 0 Å². The first-order valence-electron chi connectivity index (χ1n) is 4.19. The Kier molecular flexibility index (Phi) is 5.51. The van der Waals surface area contributed by atoms with Crippen molar-refractivity contribution in [2.75, 3.05) is 20.3 Å². The molecule has 1 rings (SSSR count). The van der Waals surface area contributed by atoms with Crippen LogP contribution >= 0.6 is 0 Å². The molecule has 1 saturated heterocycles. The summed E-state index contributed by atoms with van der Waals surface area (Å²) in [5.74, 6) is 0. The Bertz CT molecular complexity index is 72.4. The quantitative estimate of drug-likeness (QED) is 0.541. The molecule has 0 N–H and O–H groups in total. The van der Waals surface area contributed by atoms with Crippen LogP contribution < -0.4 is 0 Å². The number of methoxy groups -OCH3 is 1. The fraction of sp³-hybridized carbons (Fsp3) is 1.00. The predicted octanol–water partition coefficient (Wildman–Crippen LogP) is 2.23. The Morgan fingerprint density at radius 3 is 1.55 bits per heavy atom. The van der Waals surface area contributed by atoms with Crippen molar-refractivity contribution in [1.29, 1.82) is 0 Å². The fourth-order valence-electron chi connectivity index (χ4n) is 0.510. The van der Waals surface area contributed by atoms with Gasteiger partial charge >= 0.3 is 0 Å². The molecule has 0 amide bonds. The summed E-state index contributed by atoms with van der Waals surface area (Å²) in [6.07, 6.45) is 2.56. The molecule has 0 unspecified atom stereocenters. The lowest BCUT2D eigenvalue weighted by Crippen LogP contribution is -2.15. The third-order valence-electron chi connectivity index (χ3n) is 1.44. The Balaban J connectivity index is 0.000000183. The first-order chi connectivity index (χ1) is 5.06.